The summed E-state index contributed by atoms with van der Waals surface area (Å²) in [6.07, 6.45) is -0.492. The van der Waals surface area contributed by atoms with Crippen LogP contribution in [0, 0.1) is 20.2 Å². The SMILES string of the molecule is CC(=O)CC(NC(=O)c1cc([N+](=O)[O-])cc([N+](=O)[O-])c1)C(=O)OCC(=O)c1ccc(Br)cc1. The predicted octanol–water partition coefficient (Wildman–Crippen LogP) is 2.77. The predicted molar refractivity (Wildman–Crippen MR) is 116 cm³/mol. The molecule has 0 saturated heterocycles. The van der Waals surface area contributed by atoms with Crippen molar-refractivity contribution in [1.29, 1.82) is 0 Å². The standard InChI is InChI=1S/C20H16BrN3O9/c1-11(25)6-17(20(28)33-10-18(26)12-2-4-14(21)5-3-12)22-19(27)13-7-15(23(29)30)9-16(8-13)24(31)32/h2-5,7-9,17H,6,10H2,1H3,(H,22,27). The summed E-state index contributed by atoms with van der Waals surface area (Å²) in [7, 11) is 0. The molecule has 0 aliphatic carbocycles. The van der Waals surface area contributed by atoms with E-state index in [0.29, 0.717) is 6.07 Å². The molecule has 2 rings (SSSR count). The van der Waals surface area contributed by atoms with Crippen LogP contribution in [0.1, 0.15) is 34.1 Å². The van der Waals surface area contributed by atoms with E-state index in [-0.39, 0.29) is 5.56 Å². The number of esters is 1. The molecular weight excluding hydrogens is 506 g/mol. The lowest BCUT2D eigenvalue weighted by molar-refractivity contribution is -0.394. The highest BCUT2D eigenvalue weighted by Crippen LogP contribution is 2.23. The molecular formula is C20H16BrN3O9. The van der Waals surface area contributed by atoms with Crippen LogP contribution in [0.5, 0.6) is 0 Å². The molecule has 0 aliphatic heterocycles. The number of Topliss-reactive ketones (excluding diaryl/α,β-unsaturated/α-hetero) is 2. The molecule has 0 spiro atoms. The van der Waals surface area contributed by atoms with Gasteiger partial charge in [0.15, 0.2) is 12.4 Å². The Bertz CT molecular complexity index is 1100. The van der Waals surface area contributed by atoms with E-state index < -0.39 is 69.3 Å². The van der Waals surface area contributed by atoms with Crippen LogP contribution >= 0.6 is 15.9 Å². The van der Waals surface area contributed by atoms with E-state index in [1.165, 1.54) is 12.1 Å². The fourth-order valence-corrected chi connectivity index (χ4v) is 2.88. The summed E-state index contributed by atoms with van der Waals surface area (Å²) in [6.45, 7) is 0.491. The minimum absolute atomic E-state index is 0.266. The van der Waals surface area contributed by atoms with Crippen LogP contribution in [0.2, 0.25) is 0 Å². The molecule has 12 nitrogen and oxygen atoms in total. The van der Waals surface area contributed by atoms with Gasteiger partial charge >= 0.3 is 5.97 Å². The first-order valence-corrected chi connectivity index (χ1v) is 9.96. The zero-order valence-corrected chi connectivity index (χ0v) is 18.6. The maximum Gasteiger partial charge on any atom is 0.329 e. The summed E-state index contributed by atoms with van der Waals surface area (Å²) >= 11 is 3.22. The molecule has 0 radical (unpaired) electrons. The Labute approximate surface area is 194 Å². The van der Waals surface area contributed by atoms with E-state index in [1.54, 1.807) is 12.1 Å². The molecule has 172 valence electrons. The van der Waals surface area contributed by atoms with E-state index in [2.05, 4.69) is 21.2 Å². The maximum absolute atomic E-state index is 12.5. The van der Waals surface area contributed by atoms with Gasteiger partial charge in [-0.25, -0.2) is 4.79 Å². The van der Waals surface area contributed by atoms with Gasteiger partial charge in [-0.3, -0.25) is 34.6 Å². The van der Waals surface area contributed by atoms with Crippen molar-refractivity contribution in [2.75, 3.05) is 6.61 Å². The van der Waals surface area contributed by atoms with Crippen LogP contribution in [0.3, 0.4) is 0 Å². The number of nitrogens with zero attached hydrogens (tertiary/aromatic N) is 2. The number of carbonyl (C=O) groups excluding carboxylic acids is 4. The lowest BCUT2D eigenvalue weighted by Gasteiger charge is -2.16. The van der Waals surface area contributed by atoms with Crippen molar-refractivity contribution in [3.05, 3.63) is 78.3 Å². The van der Waals surface area contributed by atoms with Gasteiger partial charge in [0.2, 0.25) is 0 Å². The van der Waals surface area contributed by atoms with Crippen LogP contribution in [0.25, 0.3) is 0 Å². The molecule has 13 heteroatoms. The van der Waals surface area contributed by atoms with Crippen LogP contribution < -0.4 is 5.32 Å². The number of non-ortho nitro benzene ring substituents is 2. The lowest BCUT2D eigenvalue weighted by atomic mass is 10.1. The zero-order valence-electron chi connectivity index (χ0n) is 17.0. The summed E-state index contributed by atoms with van der Waals surface area (Å²) in [5.41, 5.74) is -1.62. The van der Waals surface area contributed by atoms with Crippen molar-refractivity contribution >= 4 is 50.7 Å². The summed E-state index contributed by atoms with van der Waals surface area (Å²) in [5, 5.41) is 24.2. The van der Waals surface area contributed by atoms with E-state index >= 15 is 0 Å². The molecule has 1 N–H and O–H groups in total. The number of carbonyl (C=O) groups is 4. The Morgan fingerprint density at radius 2 is 1.52 bits per heavy atom. The first kappa shape index (κ1) is 25.3. The van der Waals surface area contributed by atoms with Gasteiger partial charge in [0.05, 0.1) is 21.5 Å². The Morgan fingerprint density at radius 3 is 2.00 bits per heavy atom. The molecule has 0 heterocycles. The number of rotatable bonds is 10. The molecule has 33 heavy (non-hydrogen) atoms. The number of nitrogens with one attached hydrogen (secondary N) is 1. The van der Waals surface area contributed by atoms with Crippen molar-refractivity contribution in [1.82, 2.24) is 5.32 Å². The number of amides is 1. The molecule has 2 aromatic carbocycles. The molecule has 0 fully saturated rings. The zero-order chi connectivity index (χ0) is 24.7. The summed E-state index contributed by atoms with van der Waals surface area (Å²) in [4.78, 5) is 68.9. The summed E-state index contributed by atoms with van der Waals surface area (Å²) < 4.78 is 5.67. The summed E-state index contributed by atoms with van der Waals surface area (Å²) in [6, 6.07) is 6.97. The average Bonchev–Trinajstić information content (AvgIpc) is 2.76. The lowest BCUT2D eigenvalue weighted by Crippen LogP contribution is -2.43. The normalized spacial score (nSPS) is 11.2. The molecule has 0 aliphatic rings. The van der Waals surface area contributed by atoms with Gasteiger partial charge < -0.3 is 10.1 Å². The maximum atomic E-state index is 12.5. The quantitative estimate of drug-likeness (QED) is 0.213. The molecule has 1 atom stereocenters. The van der Waals surface area contributed by atoms with Crippen molar-refractivity contribution in [2.24, 2.45) is 0 Å². The van der Waals surface area contributed by atoms with Crippen molar-refractivity contribution in [2.45, 2.75) is 19.4 Å². The third kappa shape index (κ3) is 7.28. The van der Waals surface area contributed by atoms with Crippen LogP contribution in [0.15, 0.2) is 46.9 Å². The highest BCUT2D eigenvalue weighted by molar-refractivity contribution is 9.10. The number of benzene rings is 2. The number of nitro groups is 2. The number of nitro benzene ring substituents is 2. The van der Waals surface area contributed by atoms with E-state index in [1.807, 2.05) is 0 Å². The fraction of sp³-hybridized carbons (Fsp3) is 0.200. The Morgan fingerprint density at radius 1 is 0.970 bits per heavy atom. The van der Waals surface area contributed by atoms with Crippen LogP contribution in [-0.2, 0) is 14.3 Å². The van der Waals surface area contributed by atoms with Crippen molar-refractivity contribution in [3.8, 4) is 0 Å². The molecule has 0 bridgehead atoms. The number of halogens is 1. The number of ether oxygens (including phenoxy) is 1. The Hall–Kier alpha value is -4.00. The van der Waals surface area contributed by atoms with Gasteiger partial charge in [0.25, 0.3) is 17.3 Å². The highest BCUT2D eigenvalue weighted by atomic mass is 79.9. The minimum Gasteiger partial charge on any atom is -0.456 e. The van der Waals surface area contributed by atoms with Gasteiger partial charge in [0.1, 0.15) is 11.8 Å². The molecule has 2 aromatic rings. The third-order valence-corrected chi connectivity index (χ3v) is 4.71. The second-order valence-corrected chi connectivity index (χ2v) is 7.64. The topological polar surface area (TPSA) is 176 Å². The monoisotopic (exact) mass is 521 g/mol. The number of hydrogen-bond acceptors (Lipinski definition) is 9. The smallest absolute Gasteiger partial charge is 0.329 e. The van der Waals surface area contributed by atoms with Gasteiger partial charge in [0, 0.05) is 28.6 Å². The average molecular weight is 522 g/mol. The van der Waals surface area contributed by atoms with E-state index in [9.17, 15) is 39.4 Å². The molecule has 0 saturated carbocycles. The van der Waals surface area contributed by atoms with Crippen molar-refractivity contribution in [3.63, 3.8) is 0 Å². The highest BCUT2D eigenvalue weighted by Gasteiger charge is 2.27. The second kappa shape index (κ2) is 11.0. The molecule has 0 aromatic heterocycles. The Kier molecular flexibility index (Phi) is 8.45. The number of ketones is 2. The van der Waals surface area contributed by atoms with Gasteiger partial charge in [-0.15, -0.1) is 0 Å². The number of hydrogen-bond donors (Lipinski definition) is 1. The largest absolute Gasteiger partial charge is 0.456 e. The minimum atomic E-state index is -1.52. The van der Waals surface area contributed by atoms with E-state index in [4.69, 9.17) is 4.74 Å². The molecule has 1 unspecified atom stereocenters. The summed E-state index contributed by atoms with van der Waals surface area (Å²) in [5.74, 6) is -3.20. The molecule has 1 amide bonds. The fourth-order valence-electron chi connectivity index (χ4n) is 2.62. The Balaban J connectivity index is 2.17. The van der Waals surface area contributed by atoms with Gasteiger partial charge in [-0.2, -0.15) is 0 Å². The van der Waals surface area contributed by atoms with Crippen LogP contribution in [0.4, 0.5) is 11.4 Å². The van der Waals surface area contributed by atoms with Gasteiger partial charge in [-0.1, -0.05) is 28.1 Å². The van der Waals surface area contributed by atoms with Gasteiger partial charge in [-0.05, 0) is 19.1 Å². The van der Waals surface area contributed by atoms with Crippen LogP contribution in [-0.4, -0.2) is 45.9 Å². The van der Waals surface area contributed by atoms with Crippen molar-refractivity contribution < 1.29 is 33.8 Å². The first-order chi connectivity index (χ1) is 15.5. The van der Waals surface area contributed by atoms with E-state index in [0.717, 1.165) is 23.5 Å². The second-order valence-electron chi connectivity index (χ2n) is 6.72. The third-order valence-electron chi connectivity index (χ3n) is 4.18. The first-order valence-electron chi connectivity index (χ1n) is 9.17.